The number of carbonyl (C=O) groups excluding carboxylic acids is 2. The molecule has 2 aliphatic carbocycles. The lowest BCUT2D eigenvalue weighted by Gasteiger charge is -2.35. The molecular formula is C24H24N2O5S. The van der Waals surface area contributed by atoms with E-state index in [-0.39, 0.29) is 18.4 Å². The molecule has 7 nitrogen and oxygen atoms in total. The minimum Gasteiger partial charge on any atom is -0.480 e. The summed E-state index contributed by atoms with van der Waals surface area (Å²) in [5.41, 5.74) is 3.49. The fourth-order valence-corrected chi connectivity index (χ4v) is 5.71. The van der Waals surface area contributed by atoms with E-state index in [0.29, 0.717) is 30.9 Å². The molecule has 2 amide bonds. The summed E-state index contributed by atoms with van der Waals surface area (Å²) in [6.07, 6.45) is 0.342. The van der Waals surface area contributed by atoms with Crippen LogP contribution in [-0.4, -0.2) is 64.2 Å². The molecule has 2 N–H and O–H groups in total. The molecule has 0 aromatic heterocycles. The highest BCUT2D eigenvalue weighted by atomic mass is 32.2. The fraction of sp³-hybridized carbons (Fsp3) is 0.375. The Morgan fingerprint density at radius 2 is 1.69 bits per heavy atom. The molecule has 1 unspecified atom stereocenters. The Kier molecular flexibility index (Phi) is 5.33. The number of carboxylic acids is 1. The van der Waals surface area contributed by atoms with E-state index in [4.69, 9.17) is 4.74 Å². The molecule has 1 saturated carbocycles. The summed E-state index contributed by atoms with van der Waals surface area (Å²) >= 11 is 1.52. The molecule has 8 heteroatoms. The summed E-state index contributed by atoms with van der Waals surface area (Å²) in [6.45, 7) is 0.539. The van der Waals surface area contributed by atoms with Crippen LogP contribution in [0.5, 0.6) is 0 Å². The molecule has 32 heavy (non-hydrogen) atoms. The third kappa shape index (κ3) is 3.62. The molecule has 166 valence electrons. The second-order valence-electron chi connectivity index (χ2n) is 8.46. The van der Waals surface area contributed by atoms with Gasteiger partial charge in [0.15, 0.2) is 0 Å². The number of carboxylic acid groups (broad SMARTS) is 1. The Morgan fingerprint density at radius 1 is 1.06 bits per heavy atom. The number of aliphatic carboxylic acids is 1. The van der Waals surface area contributed by atoms with E-state index in [2.05, 4.69) is 17.4 Å². The average Bonchev–Trinajstić information content (AvgIpc) is 3.52. The van der Waals surface area contributed by atoms with Gasteiger partial charge in [-0.05, 0) is 35.1 Å². The summed E-state index contributed by atoms with van der Waals surface area (Å²) in [7, 11) is 0. The number of rotatable bonds is 5. The topological polar surface area (TPSA) is 95.9 Å². The van der Waals surface area contributed by atoms with Gasteiger partial charge < -0.3 is 20.1 Å². The standard InChI is InChI=1S/C24H24N2O5S/c27-21(28)20-14-32-12-11-26(20)22(29)24(9-10-24)25-23(30)31-13-19-17-7-3-1-5-15(17)16-6-2-4-8-18(16)19/h1-8,19-20H,9-14H2,(H,25,30)(H,27,28). The van der Waals surface area contributed by atoms with Gasteiger partial charge in [0.1, 0.15) is 18.2 Å². The largest absolute Gasteiger partial charge is 0.480 e. The smallest absolute Gasteiger partial charge is 0.408 e. The number of hydrogen-bond acceptors (Lipinski definition) is 5. The molecule has 0 radical (unpaired) electrons. The maximum Gasteiger partial charge on any atom is 0.408 e. The van der Waals surface area contributed by atoms with Crippen LogP contribution in [0.4, 0.5) is 4.79 Å². The fourth-order valence-electron chi connectivity index (χ4n) is 4.67. The molecule has 0 spiro atoms. The van der Waals surface area contributed by atoms with Gasteiger partial charge in [0, 0.05) is 24.0 Å². The Labute approximate surface area is 190 Å². The number of fused-ring (bicyclic) bond motifs is 3. The van der Waals surface area contributed by atoms with Crippen LogP contribution in [0.3, 0.4) is 0 Å². The van der Waals surface area contributed by atoms with Gasteiger partial charge in [-0.15, -0.1) is 0 Å². The van der Waals surface area contributed by atoms with Crippen LogP contribution >= 0.6 is 11.8 Å². The predicted octanol–water partition coefficient (Wildman–Crippen LogP) is 3.09. The lowest BCUT2D eigenvalue weighted by Crippen LogP contribution is -2.58. The number of thioether (sulfide) groups is 1. The minimum absolute atomic E-state index is 0.0606. The van der Waals surface area contributed by atoms with Gasteiger partial charge in [-0.25, -0.2) is 9.59 Å². The molecule has 1 aliphatic heterocycles. The molecule has 3 aliphatic rings. The summed E-state index contributed by atoms with van der Waals surface area (Å²) in [5, 5.41) is 12.2. The first-order valence-corrected chi connectivity index (χ1v) is 11.9. The zero-order valence-electron chi connectivity index (χ0n) is 17.5. The molecule has 0 bridgehead atoms. The first-order valence-electron chi connectivity index (χ1n) is 10.7. The van der Waals surface area contributed by atoms with Crippen molar-refractivity contribution in [3.05, 3.63) is 59.7 Å². The number of hydrogen-bond donors (Lipinski definition) is 2. The number of ether oxygens (including phenoxy) is 1. The van der Waals surface area contributed by atoms with Crippen molar-refractivity contribution in [2.45, 2.75) is 30.3 Å². The lowest BCUT2D eigenvalue weighted by atomic mass is 9.98. The van der Waals surface area contributed by atoms with Crippen molar-refractivity contribution in [2.24, 2.45) is 0 Å². The van der Waals surface area contributed by atoms with E-state index in [9.17, 15) is 19.5 Å². The van der Waals surface area contributed by atoms with Gasteiger partial charge in [0.2, 0.25) is 5.91 Å². The Balaban J connectivity index is 1.26. The number of alkyl carbamates (subject to hydrolysis) is 1. The number of benzene rings is 2. The second kappa shape index (κ2) is 8.16. The maximum absolute atomic E-state index is 13.1. The number of nitrogens with zero attached hydrogens (tertiary/aromatic N) is 1. The number of amides is 2. The Bertz CT molecular complexity index is 1040. The molecule has 1 heterocycles. The maximum atomic E-state index is 13.1. The highest BCUT2D eigenvalue weighted by Gasteiger charge is 2.55. The molecular weight excluding hydrogens is 428 g/mol. The summed E-state index contributed by atoms with van der Waals surface area (Å²) in [6, 6.07) is 15.3. The highest BCUT2D eigenvalue weighted by molar-refractivity contribution is 7.99. The van der Waals surface area contributed by atoms with E-state index in [1.54, 1.807) is 0 Å². The van der Waals surface area contributed by atoms with Gasteiger partial charge in [0.25, 0.3) is 0 Å². The average molecular weight is 453 g/mol. The molecule has 2 fully saturated rings. The molecule has 5 rings (SSSR count). The summed E-state index contributed by atoms with van der Waals surface area (Å²) in [4.78, 5) is 38.7. The lowest BCUT2D eigenvalue weighted by molar-refractivity contribution is -0.150. The summed E-state index contributed by atoms with van der Waals surface area (Å²) < 4.78 is 5.59. The van der Waals surface area contributed by atoms with Gasteiger partial charge in [-0.1, -0.05) is 48.5 Å². The predicted molar refractivity (Wildman–Crippen MR) is 121 cm³/mol. The normalized spacial score (nSPS) is 20.8. The van der Waals surface area contributed by atoms with E-state index in [0.717, 1.165) is 22.3 Å². The zero-order chi connectivity index (χ0) is 22.3. The van der Waals surface area contributed by atoms with Crippen LogP contribution in [0, 0.1) is 0 Å². The van der Waals surface area contributed by atoms with Crippen LogP contribution in [0.25, 0.3) is 11.1 Å². The highest BCUT2D eigenvalue weighted by Crippen LogP contribution is 2.44. The van der Waals surface area contributed by atoms with Crippen LogP contribution < -0.4 is 5.32 Å². The van der Waals surface area contributed by atoms with Crippen molar-refractivity contribution in [2.75, 3.05) is 24.7 Å². The number of nitrogens with one attached hydrogen (secondary N) is 1. The van der Waals surface area contributed by atoms with Gasteiger partial charge in [-0.3, -0.25) is 4.79 Å². The van der Waals surface area contributed by atoms with Crippen LogP contribution in [0.2, 0.25) is 0 Å². The molecule has 1 saturated heterocycles. The van der Waals surface area contributed by atoms with Gasteiger partial charge in [0.05, 0.1) is 0 Å². The monoisotopic (exact) mass is 452 g/mol. The van der Waals surface area contributed by atoms with Crippen molar-refractivity contribution in [3.8, 4) is 11.1 Å². The van der Waals surface area contributed by atoms with E-state index in [1.165, 1.54) is 16.7 Å². The number of carbonyl (C=O) groups is 3. The van der Waals surface area contributed by atoms with E-state index in [1.807, 2.05) is 36.4 Å². The van der Waals surface area contributed by atoms with E-state index >= 15 is 0 Å². The van der Waals surface area contributed by atoms with Crippen molar-refractivity contribution >= 4 is 29.7 Å². The Hall–Kier alpha value is -3.00. The first-order chi connectivity index (χ1) is 15.5. The van der Waals surface area contributed by atoms with Crippen LogP contribution in [0.1, 0.15) is 29.9 Å². The molecule has 2 aromatic rings. The quantitative estimate of drug-likeness (QED) is 0.724. The van der Waals surface area contributed by atoms with Crippen LogP contribution in [-0.2, 0) is 14.3 Å². The van der Waals surface area contributed by atoms with Crippen molar-refractivity contribution in [1.29, 1.82) is 0 Å². The molecule has 1 atom stereocenters. The third-order valence-corrected chi connectivity index (χ3v) is 7.54. The van der Waals surface area contributed by atoms with Crippen molar-refractivity contribution in [3.63, 3.8) is 0 Å². The minimum atomic E-state index is -1.04. The first kappa shape index (κ1) is 20.9. The summed E-state index contributed by atoms with van der Waals surface area (Å²) in [5.74, 6) is -0.339. The van der Waals surface area contributed by atoms with Crippen molar-refractivity contribution < 1.29 is 24.2 Å². The Morgan fingerprint density at radius 3 is 2.28 bits per heavy atom. The SMILES string of the molecule is O=C(NC1(C(=O)N2CCSCC2C(=O)O)CC1)OCC1c2ccccc2-c2ccccc21. The third-order valence-electron chi connectivity index (χ3n) is 6.52. The van der Waals surface area contributed by atoms with Crippen LogP contribution in [0.15, 0.2) is 48.5 Å². The zero-order valence-corrected chi connectivity index (χ0v) is 18.3. The van der Waals surface area contributed by atoms with Gasteiger partial charge >= 0.3 is 12.1 Å². The molecule has 2 aromatic carbocycles. The van der Waals surface area contributed by atoms with Gasteiger partial charge in [-0.2, -0.15) is 11.8 Å². The second-order valence-corrected chi connectivity index (χ2v) is 9.61. The van der Waals surface area contributed by atoms with E-state index < -0.39 is 23.6 Å². The van der Waals surface area contributed by atoms with Crippen molar-refractivity contribution in [1.82, 2.24) is 10.2 Å².